The minimum atomic E-state index is -4.37. The van der Waals surface area contributed by atoms with Crippen LogP contribution in [0.4, 0.5) is 13.2 Å². The molecule has 0 aromatic carbocycles. The van der Waals surface area contributed by atoms with Crippen molar-refractivity contribution < 1.29 is 18.0 Å². The second kappa shape index (κ2) is 4.82. The van der Waals surface area contributed by atoms with Crippen LogP contribution in [0.25, 0.3) is 0 Å². The fraction of sp³-hybridized carbons (Fsp3) is 0.625. The van der Waals surface area contributed by atoms with Crippen molar-refractivity contribution in [3.05, 3.63) is 29.6 Å². The summed E-state index contributed by atoms with van der Waals surface area (Å²) in [5.74, 6) is 0.106. The number of rotatable bonds is 1. The van der Waals surface area contributed by atoms with Gasteiger partial charge in [0.05, 0.1) is 5.56 Å². The zero-order valence-corrected chi connectivity index (χ0v) is 12.7. The SMILES string of the molecule is CC1CC(C)(c2ccc(C(F)(F)F)cn2)CC(C)(C)C1=O. The van der Waals surface area contributed by atoms with Gasteiger partial charge in [0.1, 0.15) is 5.78 Å². The number of hydrogen-bond acceptors (Lipinski definition) is 2. The number of alkyl halides is 3. The first-order chi connectivity index (χ1) is 9.46. The summed E-state index contributed by atoms with van der Waals surface area (Å²) in [5.41, 5.74) is -0.963. The molecule has 1 aromatic rings. The van der Waals surface area contributed by atoms with Crippen LogP contribution in [0.3, 0.4) is 0 Å². The minimum Gasteiger partial charge on any atom is -0.299 e. The Bertz CT molecular complexity index is 548. The van der Waals surface area contributed by atoms with Crippen LogP contribution in [0.1, 0.15) is 51.8 Å². The molecule has 0 radical (unpaired) electrons. The Hall–Kier alpha value is -1.39. The highest BCUT2D eigenvalue weighted by atomic mass is 19.4. The van der Waals surface area contributed by atoms with Gasteiger partial charge < -0.3 is 0 Å². The molecule has 2 unspecified atom stereocenters. The van der Waals surface area contributed by atoms with Crippen molar-refractivity contribution in [3.63, 3.8) is 0 Å². The number of halogens is 3. The number of hydrogen-bond donors (Lipinski definition) is 0. The molecule has 0 aliphatic heterocycles. The second-order valence-electron chi connectivity index (χ2n) is 7.02. The normalized spacial score (nSPS) is 29.5. The summed E-state index contributed by atoms with van der Waals surface area (Å²) >= 11 is 0. The molecule has 2 atom stereocenters. The first-order valence-corrected chi connectivity index (χ1v) is 7.04. The summed E-state index contributed by atoms with van der Waals surface area (Å²) in [7, 11) is 0. The smallest absolute Gasteiger partial charge is 0.299 e. The average molecular weight is 299 g/mol. The van der Waals surface area contributed by atoms with Gasteiger partial charge in [0.2, 0.25) is 0 Å². The predicted octanol–water partition coefficient (Wildman–Crippen LogP) is 4.38. The highest BCUT2D eigenvalue weighted by molar-refractivity contribution is 5.87. The molecular formula is C16H20F3NO. The summed E-state index contributed by atoms with van der Waals surface area (Å²) in [6, 6.07) is 2.52. The van der Waals surface area contributed by atoms with Gasteiger partial charge >= 0.3 is 6.18 Å². The molecule has 1 fully saturated rings. The van der Waals surface area contributed by atoms with Crippen LogP contribution in [-0.4, -0.2) is 10.8 Å². The molecule has 2 rings (SSSR count). The van der Waals surface area contributed by atoms with Crippen LogP contribution in [0.5, 0.6) is 0 Å². The third-order valence-corrected chi connectivity index (χ3v) is 4.41. The molecule has 0 spiro atoms. The third kappa shape index (κ3) is 2.97. The van der Waals surface area contributed by atoms with Gasteiger partial charge in [0.15, 0.2) is 0 Å². The number of aromatic nitrogens is 1. The minimum absolute atomic E-state index is 0.108. The Morgan fingerprint density at radius 3 is 2.29 bits per heavy atom. The van der Waals surface area contributed by atoms with Crippen molar-refractivity contribution in [1.29, 1.82) is 0 Å². The Labute approximate surface area is 122 Å². The number of ketones is 1. The molecule has 1 heterocycles. The molecule has 0 N–H and O–H groups in total. The number of nitrogens with zero attached hydrogens (tertiary/aromatic N) is 1. The lowest BCUT2D eigenvalue weighted by atomic mass is 9.59. The van der Waals surface area contributed by atoms with E-state index in [2.05, 4.69) is 4.98 Å². The Balaban J connectivity index is 2.34. The second-order valence-corrected chi connectivity index (χ2v) is 7.02. The van der Waals surface area contributed by atoms with E-state index in [4.69, 9.17) is 0 Å². The lowest BCUT2D eigenvalue weighted by molar-refractivity contribution is -0.137. The summed E-state index contributed by atoms with van der Waals surface area (Å²) in [4.78, 5) is 16.2. The molecular weight excluding hydrogens is 279 g/mol. The lowest BCUT2D eigenvalue weighted by Gasteiger charge is -2.44. The Morgan fingerprint density at radius 1 is 1.24 bits per heavy atom. The summed E-state index contributed by atoms with van der Waals surface area (Å²) in [6.45, 7) is 7.65. The molecule has 5 heteroatoms. The van der Waals surface area contributed by atoms with Gasteiger partial charge in [0, 0.05) is 28.6 Å². The fourth-order valence-electron chi connectivity index (χ4n) is 3.68. The number of pyridine rings is 1. The monoisotopic (exact) mass is 299 g/mol. The van der Waals surface area contributed by atoms with Gasteiger partial charge in [-0.05, 0) is 25.0 Å². The van der Waals surface area contributed by atoms with Crippen molar-refractivity contribution in [3.8, 4) is 0 Å². The largest absolute Gasteiger partial charge is 0.417 e. The molecule has 0 bridgehead atoms. The summed E-state index contributed by atoms with van der Waals surface area (Å²) in [5, 5.41) is 0. The predicted molar refractivity (Wildman–Crippen MR) is 73.8 cm³/mol. The summed E-state index contributed by atoms with van der Waals surface area (Å²) < 4.78 is 37.8. The Kier molecular flexibility index (Phi) is 3.67. The molecule has 21 heavy (non-hydrogen) atoms. The van der Waals surface area contributed by atoms with Crippen molar-refractivity contribution in [2.75, 3.05) is 0 Å². The van der Waals surface area contributed by atoms with Crippen LogP contribution in [0, 0.1) is 11.3 Å². The van der Waals surface area contributed by atoms with Crippen LogP contribution < -0.4 is 0 Å². The fourth-order valence-corrected chi connectivity index (χ4v) is 3.68. The molecule has 0 saturated heterocycles. The van der Waals surface area contributed by atoms with Gasteiger partial charge in [0.25, 0.3) is 0 Å². The highest BCUT2D eigenvalue weighted by Gasteiger charge is 2.47. The van der Waals surface area contributed by atoms with E-state index in [1.807, 2.05) is 27.7 Å². The van der Waals surface area contributed by atoms with E-state index in [0.717, 1.165) is 12.3 Å². The van der Waals surface area contributed by atoms with E-state index in [9.17, 15) is 18.0 Å². The Morgan fingerprint density at radius 2 is 1.86 bits per heavy atom. The molecule has 116 valence electrons. The highest BCUT2D eigenvalue weighted by Crippen LogP contribution is 2.47. The zero-order valence-electron chi connectivity index (χ0n) is 12.7. The maximum absolute atomic E-state index is 12.6. The first-order valence-electron chi connectivity index (χ1n) is 7.04. The van der Waals surface area contributed by atoms with Gasteiger partial charge in [-0.25, -0.2) is 0 Å². The molecule has 1 aliphatic carbocycles. The van der Waals surface area contributed by atoms with Gasteiger partial charge in [-0.1, -0.05) is 27.7 Å². The first kappa shape index (κ1) is 16.0. The van der Waals surface area contributed by atoms with E-state index in [0.29, 0.717) is 18.5 Å². The van der Waals surface area contributed by atoms with Crippen LogP contribution in [0.15, 0.2) is 18.3 Å². The molecule has 2 nitrogen and oxygen atoms in total. The van der Waals surface area contributed by atoms with Crippen LogP contribution in [-0.2, 0) is 16.4 Å². The van der Waals surface area contributed by atoms with Crippen molar-refractivity contribution in [1.82, 2.24) is 4.98 Å². The quantitative estimate of drug-likeness (QED) is 0.770. The topological polar surface area (TPSA) is 30.0 Å². The van der Waals surface area contributed by atoms with E-state index >= 15 is 0 Å². The number of carbonyl (C=O) groups is 1. The van der Waals surface area contributed by atoms with Crippen molar-refractivity contribution in [2.45, 2.75) is 52.1 Å². The molecule has 1 aromatic heterocycles. The lowest BCUT2D eigenvalue weighted by Crippen LogP contribution is -2.45. The third-order valence-electron chi connectivity index (χ3n) is 4.41. The van der Waals surface area contributed by atoms with Crippen LogP contribution in [0.2, 0.25) is 0 Å². The van der Waals surface area contributed by atoms with E-state index in [-0.39, 0.29) is 17.1 Å². The van der Waals surface area contributed by atoms with Gasteiger partial charge in [-0.15, -0.1) is 0 Å². The number of carbonyl (C=O) groups excluding carboxylic acids is 1. The standard InChI is InChI=1S/C16H20F3NO/c1-10-7-15(4,9-14(2,3)13(10)21)12-6-5-11(8-20-12)16(17,18)19/h5-6,8,10H,7,9H2,1-4H3. The maximum atomic E-state index is 12.6. The average Bonchev–Trinajstić information content (AvgIpc) is 2.34. The molecule has 1 saturated carbocycles. The van der Waals surface area contributed by atoms with E-state index in [1.54, 1.807) is 0 Å². The zero-order chi connectivity index (χ0) is 16.1. The van der Waals surface area contributed by atoms with Crippen molar-refractivity contribution in [2.24, 2.45) is 11.3 Å². The van der Waals surface area contributed by atoms with E-state index in [1.165, 1.54) is 6.07 Å². The molecule has 0 amide bonds. The summed E-state index contributed by atoms with van der Waals surface area (Å²) in [6.07, 6.45) is -2.27. The van der Waals surface area contributed by atoms with Crippen LogP contribution >= 0.6 is 0 Å². The van der Waals surface area contributed by atoms with Gasteiger partial charge in [-0.3, -0.25) is 9.78 Å². The van der Waals surface area contributed by atoms with Crippen molar-refractivity contribution >= 4 is 5.78 Å². The molecule has 1 aliphatic rings. The van der Waals surface area contributed by atoms with E-state index < -0.39 is 17.2 Å². The van der Waals surface area contributed by atoms with Gasteiger partial charge in [-0.2, -0.15) is 13.2 Å². The number of Topliss-reactive ketones (excluding diaryl/α,β-unsaturated/α-hetero) is 1. The maximum Gasteiger partial charge on any atom is 0.417 e.